The predicted octanol–water partition coefficient (Wildman–Crippen LogP) is 0.0774. The van der Waals surface area contributed by atoms with Crippen molar-refractivity contribution in [3.8, 4) is 0 Å². The van der Waals surface area contributed by atoms with Gasteiger partial charge in [-0.2, -0.15) is 0 Å². The van der Waals surface area contributed by atoms with Crippen LogP contribution in [-0.4, -0.2) is 56.6 Å². The molecular formula is C14H27N3O4S. The first-order valence-corrected chi connectivity index (χ1v) is 9.51. The number of nitrogens with zero attached hydrogens (tertiary/aromatic N) is 1. The summed E-state index contributed by atoms with van der Waals surface area (Å²) < 4.78 is 25.4. The molecule has 2 amide bonds. The minimum absolute atomic E-state index is 0.0619. The Hall–Kier alpha value is -1.15. The van der Waals surface area contributed by atoms with Gasteiger partial charge in [-0.05, 0) is 25.2 Å². The van der Waals surface area contributed by atoms with Crippen molar-refractivity contribution in [1.29, 1.82) is 0 Å². The van der Waals surface area contributed by atoms with Crippen molar-refractivity contribution in [2.75, 3.05) is 19.3 Å². The second-order valence-electron chi connectivity index (χ2n) is 6.40. The predicted molar refractivity (Wildman–Crippen MR) is 84.6 cm³/mol. The number of piperidine rings is 1. The zero-order valence-electron chi connectivity index (χ0n) is 13.8. The number of amides is 2. The molecule has 0 aromatic heterocycles. The van der Waals surface area contributed by atoms with E-state index >= 15 is 0 Å². The fourth-order valence-corrected chi connectivity index (χ4v) is 3.45. The fraction of sp³-hybridized carbons (Fsp3) is 0.857. The molecule has 22 heavy (non-hydrogen) atoms. The Morgan fingerprint density at radius 2 is 1.95 bits per heavy atom. The molecule has 1 heterocycles. The Morgan fingerprint density at radius 3 is 2.45 bits per heavy atom. The highest BCUT2D eigenvalue weighted by atomic mass is 32.2. The number of rotatable bonds is 6. The van der Waals surface area contributed by atoms with Crippen LogP contribution in [0.25, 0.3) is 0 Å². The molecule has 8 heteroatoms. The quantitative estimate of drug-likeness (QED) is 0.719. The largest absolute Gasteiger partial charge is 0.352 e. The second-order valence-corrected chi connectivity index (χ2v) is 8.18. The highest BCUT2D eigenvalue weighted by Crippen LogP contribution is 2.15. The van der Waals surface area contributed by atoms with E-state index in [1.807, 2.05) is 13.8 Å². The van der Waals surface area contributed by atoms with Crippen molar-refractivity contribution < 1.29 is 18.0 Å². The summed E-state index contributed by atoms with van der Waals surface area (Å²) in [7, 11) is -3.45. The van der Waals surface area contributed by atoms with Crippen molar-refractivity contribution in [3.05, 3.63) is 0 Å². The van der Waals surface area contributed by atoms with E-state index in [4.69, 9.17) is 0 Å². The number of hydrogen-bond acceptors (Lipinski definition) is 4. The smallest absolute Gasteiger partial charge is 0.240 e. The first kappa shape index (κ1) is 18.9. The van der Waals surface area contributed by atoms with E-state index in [-0.39, 0.29) is 23.8 Å². The van der Waals surface area contributed by atoms with E-state index < -0.39 is 16.1 Å². The van der Waals surface area contributed by atoms with E-state index in [2.05, 4.69) is 10.0 Å². The number of nitrogens with one attached hydrogen (secondary N) is 2. The van der Waals surface area contributed by atoms with Crippen LogP contribution < -0.4 is 10.0 Å². The Balaban J connectivity index is 2.77. The van der Waals surface area contributed by atoms with Crippen LogP contribution in [0.3, 0.4) is 0 Å². The topological polar surface area (TPSA) is 95.6 Å². The molecule has 2 N–H and O–H groups in total. The molecule has 1 aliphatic rings. The lowest BCUT2D eigenvalue weighted by molar-refractivity contribution is -0.135. The van der Waals surface area contributed by atoms with Gasteiger partial charge in [0.25, 0.3) is 0 Å². The summed E-state index contributed by atoms with van der Waals surface area (Å²) in [6.07, 6.45) is 3.14. The van der Waals surface area contributed by atoms with E-state index in [1.165, 1.54) is 6.92 Å². The molecule has 128 valence electrons. The number of carbonyl (C=O) groups is 2. The highest BCUT2D eigenvalue weighted by molar-refractivity contribution is 7.88. The Morgan fingerprint density at radius 1 is 1.32 bits per heavy atom. The summed E-state index contributed by atoms with van der Waals surface area (Å²) in [6, 6.07) is -0.806. The monoisotopic (exact) mass is 333 g/mol. The average Bonchev–Trinajstić information content (AvgIpc) is 2.34. The summed E-state index contributed by atoms with van der Waals surface area (Å²) in [5.74, 6) is -0.138. The van der Waals surface area contributed by atoms with Gasteiger partial charge in [0.1, 0.15) is 6.04 Å². The number of likely N-dealkylation sites (tertiary alicyclic amines) is 1. The molecule has 0 unspecified atom stereocenters. The highest BCUT2D eigenvalue weighted by Gasteiger charge is 2.31. The number of hydrogen-bond donors (Lipinski definition) is 2. The van der Waals surface area contributed by atoms with E-state index in [9.17, 15) is 18.0 Å². The normalized spacial score (nSPS) is 20.8. The Kier molecular flexibility index (Phi) is 6.80. The molecule has 2 atom stereocenters. The van der Waals surface area contributed by atoms with Gasteiger partial charge in [0, 0.05) is 26.1 Å². The molecule has 1 saturated heterocycles. The van der Waals surface area contributed by atoms with Crippen LogP contribution in [0.2, 0.25) is 0 Å². The van der Waals surface area contributed by atoms with Gasteiger partial charge in [-0.3, -0.25) is 9.59 Å². The molecule has 0 radical (unpaired) electrons. The SMILES string of the molecule is CC(=O)N[C@@H]1CCCN(C(=O)[C@H](CC(C)C)NS(C)(=O)=O)C1. The van der Waals surface area contributed by atoms with E-state index in [0.29, 0.717) is 19.5 Å². The van der Waals surface area contributed by atoms with Gasteiger partial charge in [-0.1, -0.05) is 13.8 Å². The van der Waals surface area contributed by atoms with Gasteiger partial charge in [0.05, 0.1) is 6.26 Å². The third kappa shape index (κ3) is 6.74. The lowest BCUT2D eigenvalue weighted by Crippen LogP contribution is -2.55. The maximum atomic E-state index is 12.6. The van der Waals surface area contributed by atoms with Gasteiger partial charge in [-0.25, -0.2) is 13.1 Å². The Labute approximate surface area is 132 Å². The van der Waals surface area contributed by atoms with Crippen LogP contribution in [0.15, 0.2) is 0 Å². The summed E-state index contributed by atoms with van der Waals surface area (Å²) in [5.41, 5.74) is 0. The van der Waals surface area contributed by atoms with Crippen LogP contribution in [-0.2, 0) is 19.6 Å². The third-order valence-electron chi connectivity index (χ3n) is 3.50. The first-order chi connectivity index (χ1) is 10.1. The molecule has 0 aliphatic carbocycles. The van der Waals surface area contributed by atoms with Gasteiger partial charge in [0.2, 0.25) is 21.8 Å². The van der Waals surface area contributed by atoms with Crippen molar-refractivity contribution in [1.82, 2.24) is 14.9 Å². The average molecular weight is 333 g/mol. The third-order valence-corrected chi connectivity index (χ3v) is 4.21. The van der Waals surface area contributed by atoms with Gasteiger partial charge in [-0.15, -0.1) is 0 Å². The fourth-order valence-electron chi connectivity index (χ4n) is 2.73. The minimum atomic E-state index is -3.45. The van der Waals surface area contributed by atoms with Crippen LogP contribution in [0.5, 0.6) is 0 Å². The molecule has 1 rings (SSSR count). The van der Waals surface area contributed by atoms with E-state index in [0.717, 1.165) is 19.1 Å². The lowest BCUT2D eigenvalue weighted by Gasteiger charge is -2.35. The summed E-state index contributed by atoms with van der Waals surface area (Å²) in [5, 5.41) is 2.82. The molecule has 1 aliphatic heterocycles. The van der Waals surface area contributed by atoms with E-state index in [1.54, 1.807) is 4.90 Å². The standard InChI is InChI=1S/C14H27N3O4S/c1-10(2)8-13(16-22(4,20)21)14(19)17-7-5-6-12(9-17)15-11(3)18/h10,12-13,16H,5-9H2,1-4H3,(H,15,18)/t12-,13+/m1/s1. The van der Waals surface area contributed by atoms with Crippen LogP contribution in [0.4, 0.5) is 0 Å². The van der Waals surface area contributed by atoms with Crippen LogP contribution >= 0.6 is 0 Å². The maximum absolute atomic E-state index is 12.6. The van der Waals surface area contributed by atoms with Crippen molar-refractivity contribution in [2.45, 2.75) is 52.1 Å². The van der Waals surface area contributed by atoms with Crippen molar-refractivity contribution in [3.63, 3.8) is 0 Å². The van der Waals surface area contributed by atoms with Gasteiger partial charge in [0.15, 0.2) is 0 Å². The lowest BCUT2D eigenvalue weighted by atomic mass is 10.0. The van der Waals surface area contributed by atoms with Gasteiger partial charge >= 0.3 is 0 Å². The Bertz CT molecular complexity index is 504. The molecule has 7 nitrogen and oxygen atoms in total. The summed E-state index contributed by atoms with van der Waals surface area (Å²) in [6.45, 7) is 6.36. The van der Waals surface area contributed by atoms with Crippen LogP contribution in [0, 0.1) is 5.92 Å². The first-order valence-electron chi connectivity index (χ1n) is 7.61. The molecule has 0 aromatic rings. The molecule has 1 fully saturated rings. The molecule has 0 aromatic carbocycles. The zero-order chi connectivity index (χ0) is 16.9. The summed E-state index contributed by atoms with van der Waals surface area (Å²) >= 11 is 0. The molecule has 0 spiro atoms. The van der Waals surface area contributed by atoms with Crippen molar-refractivity contribution in [2.24, 2.45) is 5.92 Å². The number of sulfonamides is 1. The number of carbonyl (C=O) groups excluding carboxylic acids is 2. The summed E-state index contributed by atoms with van der Waals surface area (Å²) in [4.78, 5) is 25.4. The molecule has 0 bridgehead atoms. The van der Waals surface area contributed by atoms with Crippen molar-refractivity contribution >= 4 is 21.8 Å². The van der Waals surface area contributed by atoms with Gasteiger partial charge < -0.3 is 10.2 Å². The molecule has 0 saturated carbocycles. The minimum Gasteiger partial charge on any atom is -0.352 e. The molecular weight excluding hydrogens is 306 g/mol. The maximum Gasteiger partial charge on any atom is 0.240 e. The van der Waals surface area contributed by atoms with Crippen LogP contribution in [0.1, 0.15) is 40.0 Å². The zero-order valence-corrected chi connectivity index (χ0v) is 14.6. The second kappa shape index (κ2) is 7.92.